The molecule has 18 heavy (non-hydrogen) atoms. The standard InChI is InChI=1S/C13H13NO3S/c1-17-11(15)8-2-3-10-9(6-8)14-12(16)13(4-5-13)7-18-10/h2-3,6H,4-5,7H2,1H3,(H,14,16). The van der Waals surface area contributed by atoms with Crippen LogP contribution in [0.5, 0.6) is 0 Å². The third kappa shape index (κ3) is 1.79. The predicted molar refractivity (Wildman–Crippen MR) is 68.8 cm³/mol. The molecule has 1 saturated carbocycles. The molecule has 1 amide bonds. The minimum atomic E-state index is -0.387. The van der Waals surface area contributed by atoms with Gasteiger partial charge in [0.1, 0.15) is 0 Å². The van der Waals surface area contributed by atoms with Crippen LogP contribution in [0.3, 0.4) is 0 Å². The van der Waals surface area contributed by atoms with Crippen LogP contribution in [0.1, 0.15) is 23.2 Å². The molecule has 94 valence electrons. The van der Waals surface area contributed by atoms with Crippen LogP contribution in [-0.2, 0) is 9.53 Å². The smallest absolute Gasteiger partial charge is 0.337 e. The average molecular weight is 263 g/mol. The van der Waals surface area contributed by atoms with E-state index in [1.807, 2.05) is 6.07 Å². The van der Waals surface area contributed by atoms with Crippen molar-refractivity contribution >= 4 is 29.3 Å². The zero-order valence-electron chi connectivity index (χ0n) is 9.99. The molecule has 1 spiro atoms. The fourth-order valence-electron chi connectivity index (χ4n) is 2.06. The lowest BCUT2D eigenvalue weighted by Gasteiger charge is -2.09. The Bertz CT molecular complexity index is 537. The first kappa shape index (κ1) is 11.6. The number of benzene rings is 1. The van der Waals surface area contributed by atoms with Gasteiger partial charge < -0.3 is 10.1 Å². The number of rotatable bonds is 1. The zero-order chi connectivity index (χ0) is 12.8. The molecule has 1 heterocycles. The first-order valence-electron chi connectivity index (χ1n) is 5.81. The van der Waals surface area contributed by atoms with E-state index in [1.165, 1.54) is 7.11 Å². The Balaban J connectivity index is 1.95. The van der Waals surface area contributed by atoms with E-state index in [-0.39, 0.29) is 17.3 Å². The highest BCUT2D eigenvalue weighted by Gasteiger charge is 2.50. The highest BCUT2D eigenvalue weighted by atomic mass is 32.2. The third-order valence-electron chi connectivity index (χ3n) is 3.49. The van der Waals surface area contributed by atoms with E-state index in [0.717, 1.165) is 29.2 Å². The van der Waals surface area contributed by atoms with E-state index < -0.39 is 0 Å². The van der Waals surface area contributed by atoms with Gasteiger partial charge in [-0.1, -0.05) is 0 Å². The first-order valence-corrected chi connectivity index (χ1v) is 6.80. The van der Waals surface area contributed by atoms with Crippen LogP contribution in [0.4, 0.5) is 5.69 Å². The molecule has 1 aromatic carbocycles. The number of hydrogen-bond donors (Lipinski definition) is 1. The lowest BCUT2D eigenvalue weighted by atomic mass is 10.1. The van der Waals surface area contributed by atoms with Crippen molar-refractivity contribution in [1.29, 1.82) is 0 Å². The highest BCUT2D eigenvalue weighted by molar-refractivity contribution is 7.99. The maximum atomic E-state index is 12.1. The van der Waals surface area contributed by atoms with Crippen molar-refractivity contribution in [1.82, 2.24) is 0 Å². The molecule has 0 aromatic heterocycles. The van der Waals surface area contributed by atoms with E-state index in [4.69, 9.17) is 0 Å². The van der Waals surface area contributed by atoms with Gasteiger partial charge in [0, 0.05) is 10.6 Å². The molecule has 1 aliphatic carbocycles. The molecule has 2 aliphatic rings. The highest BCUT2D eigenvalue weighted by Crippen LogP contribution is 2.52. The van der Waals surface area contributed by atoms with Gasteiger partial charge in [-0.2, -0.15) is 0 Å². The average Bonchev–Trinajstić information content (AvgIpc) is 3.18. The fraction of sp³-hybridized carbons (Fsp3) is 0.385. The number of nitrogens with one attached hydrogen (secondary N) is 1. The molecule has 0 bridgehead atoms. The zero-order valence-corrected chi connectivity index (χ0v) is 10.8. The first-order chi connectivity index (χ1) is 8.64. The Kier molecular flexibility index (Phi) is 2.59. The van der Waals surface area contributed by atoms with Gasteiger partial charge in [0.2, 0.25) is 5.91 Å². The van der Waals surface area contributed by atoms with Crippen molar-refractivity contribution in [3.05, 3.63) is 23.8 Å². The Labute approximate surface area is 109 Å². The van der Waals surface area contributed by atoms with Crippen molar-refractivity contribution in [2.75, 3.05) is 18.2 Å². The van der Waals surface area contributed by atoms with Crippen LogP contribution in [0.2, 0.25) is 0 Å². The lowest BCUT2D eigenvalue weighted by Crippen LogP contribution is -2.24. The molecule has 5 heteroatoms. The summed E-state index contributed by atoms with van der Waals surface area (Å²) >= 11 is 1.68. The SMILES string of the molecule is COC(=O)c1ccc2c(c1)NC(=O)C1(CC1)CS2. The van der Waals surface area contributed by atoms with Gasteiger partial charge in [-0.05, 0) is 31.0 Å². The topological polar surface area (TPSA) is 55.4 Å². The van der Waals surface area contributed by atoms with E-state index >= 15 is 0 Å². The minimum absolute atomic E-state index is 0.0794. The van der Waals surface area contributed by atoms with E-state index in [9.17, 15) is 9.59 Å². The Morgan fingerprint density at radius 2 is 2.22 bits per heavy atom. The van der Waals surface area contributed by atoms with Gasteiger partial charge in [0.25, 0.3) is 0 Å². The molecule has 3 rings (SSSR count). The largest absolute Gasteiger partial charge is 0.465 e. The monoisotopic (exact) mass is 263 g/mol. The summed E-state index contributed by atoms with van der Waals surface area (Å²) < 4.78 is 4.68. The third-order valence-corrected chi connectivity index (χ3v) is 4.85. The molecular formula is C13H13NO3S. The summed E-state index contributed by atoms with van der Waals surface area (Å²) in [6.45, 7) is 0. The number of hydrogen-bond acceptors (Lipinski definition) is 4. The molecular weight excluding hydrogens is 250 g/mol. The van der Waals surface area contributed by atoms with Gasteiger partial charge in [-0.3, -0.25) is 4.79 Å². The van der Waals surface area contributed by atoms with Gasteiger partial charge in [0.15, 0.2) is 0 Å². The minimum Gasteiger partial charge on any atom is -0.465 e. The van der Waals surface area contributed by atoms with E-state index in [0.29, 0.717) is 5.56 Å². The summed E-state index contributed by atoms with van der Waals surface area (Å²) in [7, 11) is 1.35. The number of thioether (sulfide) groups is 1. The summed E-state index contributed by atoms with van der Waals surface area (Å²) in [5.74, 6) is 0.516. The summed E-state index contributed by atoms with van der Waals surface area (Å²) in [5, 5.41) is 2.93. The number of esters is 1. The normalized spacial score (nSPS) is 19.7. The predicted octanol–water partition coefficient (Wildman–Crippen LogP) is 2.30. The molecule has 0 radical (unpaired) electrons. The van der Waals surface area contributed by atoms with Crippen molar-refractivity contribution in [2.24, 2.45) is 5.41 Å². The van der Waals surface area contributed by atoms with Crippen LogP contribution >= 0.6 is 11.8 Å². The second kappa shape index (κ2) is 4.02. The number of methoxy groups -OCH3 is 1. The number of ether oxygens (including phenoxy) is 1. The summed E-state index contributed by atoms with van der Waals surface area (Å²) in [6.07, 6.45) is 1.92. The molecule has 0 atom stereocenters. The molecule has 4 nitrogen and oxygen atoms in total. The lowest BCUT2D eigenvalue weighted by molar-refractivity contribution is -0.120. The Morgan fingerprint density at radius 3 is 2.89 bits per heavy atom. The number of carbonyl (C=O) groups is 2. The van der Waals surface area contributed by atoms with E-state index in [1.54, 1.807) is 23.9 Å². The fourth-order valence-corrected chi connectivity index (χ4v) is 3.34. The summed E-state index contributed by atoms with van der Waals surface area (Å²) in [5.41, 5.74) is 1.01. The summed E-state index contributed by atoms with van der Waals surface area (Å²) in [4.78, 5) is 24.5. The van der Waals surface area contributed by atoms with Crippen molar-refractivity contribution in [2.45, 2.75) is 17.7 Å². The van der Waals surface area contributed by atoms with Crippen LogP contribution in [0.15, 0.2) is 23.1 Å². The molecule has 1 aromatic rings. The molecule has 0 saturated heterocycles. The molecule has 1 fully saturated rings. The quantitative estimate of drug-likeness (QED) is 0.790. The number of anilines is 1. The Morgan fingerprint density at radius 1 is 1.44 bits per heavy atom. The molecule has 1 N–H and O–H groups in total. The van der Waals surface area contributed by atoms with Crippen molar-refractivity contribution in [3.63, 3.8) is 0 Å². The summed E-state index contributed by atoms with van der Waals surface area (Å²) in [6, 6.07) is 5.29. The van der Waals surface area contributed by atoms with Crippen LogP contribution < -0.4 is 5.32 Å². The van der Waals surface area contributed by atoms with Crippen LogP contribution in [-0.4, -0.2) is 24.7 Å². The van der Waals surface area contributed by atoms with Gasteiger partial charge >= 0.3 is 5.97 Å². The molecule has 1 aliphatic heterocycles. The number of amides is 1. The number of carbonyl (C=O) groups excluding carboxylic acids is 2. The van der Waals surface area contributed by atoms with Gasteiger partial charge in [-0.15, -0.1) is 11.8 Å². The second-order valence-electron chi connectivity index (χ2n) is 4.73. The van der Waals surface area contributed by atoms with Crippen LogP contribution in [0.25, 0.3) is 0 Å². The second-order valence-corrected chi connectivity index (χ2v) is 5.74. The number of fused-ring (bicyclic) bond motifs is 1. The molecule has 0 unspecified atom stereocenters. The van der Waals surface area contributed by atoms with Crippen molar-refractivity contribution in [3.8, 4) is 0 Å². The van der Waals surface area contributed by atoms with Crippen LogP contribution in [0, 0.1) is 5.41 Å². The van der Waals surface area contributed by atoms with Gasteiger partial charge in [-0.25, -0.2) is 4.79 Å². The Hall–Kier alpha value is -1.49. The van der Waals surface area contributed by atoms with Crippen molar-refractivity contribution < 1.29 is 14.3 Å². The maximum absolute atomic E-state index is 12.1. The van der Waals surface area contributed by atoms with Gasteiger partial charge in [0.05, 0.1) is 23.8 Å². The van der Waals surface area contributed by atoms with E-state index in [2.05, 4.69) is 10.1 Å². The maximum Gasteiger partial charge on any atom is 0.337 e.